The summed E-state index contributed by atoms with van der Waals surface area (Å²) in [6.45, 7) is 0. The van der Waals surface area contributed by atoms with Crippen LogP contribution in [0, 0.1) is 6.33 Å². The van der Waals surface area contributed by atoms with Crippen molar-refractivity contribution in [1.29, 1.82) is 0 Å². The zero-order chi connectivity index (χ0) is 43.8. The van der Waals surface area contributed by atoms with Crippen molar-refractivity contribution < 1.29 is 40.1 Å². The first-order valence-corrected chi connectivity index (χ1v) is 23.8. The van der Waals surface area contributed by atoms with Gasteiger partial charge in [-0.05, 0) is 75.4 Å². The summed E-state index contributed by atoms with van der Waals surface area (Å²) in [6, 6.07) is 84.2. The van der Waals surface area contributed by atoms with Crippen LogP contribution in [0.25, 0.3) is 11.4 Å². The number of nitrogens with zero attached hydrogens (tertiary/aromatic N) is 4. The first-order chi connectivity index (χ1) is 30.3. The SMILES string of the molecule is F[B-](F)(F)F.[Cl][Pd+].[c-]1nn(-c2ccccc2)n[n+]1-c1ccccc1.c1ccc(P(c2ccccc2)c2ccccc2)cc1.c1ccc(P(c2ccccc2)c2ccccc2)cc1. The first-order valence-electron chi connectivity index (χ1n) is 19.1. The number of tetrazole rings is 1. The van der Waals surface area contributed by atoms with E-state index in [1.807, 2.05) is 60.7 Å². The van der Waals surface area contributed by atoms with Gasteiger partial charge in [-0.25, -0.2) is 0 Å². The van der Waals surface area contributed by atoms with E-state index in [0.29, 0.717) is 0 Å². The van der Waals surface area contributed by atoms with Gasteiger partial charge < -0.3 is 17.3 Å². The molecule has 13 heteroatoms. The third-order valence-corrected chi connectivity index (χ3v) is 13.4. The summed E-state index contributed by atoms with van der Waals surface area (Å²) in [6.07, 6.45) is 2.84. The summed E-state index contributed by atoms with van der Waals surface area (Å²) in [4.78, 5) is 1.55. The minimum Gasteiger partial charge on any atom is -0.265 e. The Bertz CT molecular complexity index is 2170. The van der Waals surface area contributed by atoms with E-state index >= 15 is 0 Å². The Morgan fingerprint density at radius 2 is 0.629 bits per heavy atom. The number of hydrogen-bond donors (Lipinski definition) is 0. The van der Waals surface area contributed by atoms with Gasteiger partial charge in [0.1, 0.15) is 0 Å². The van der Waals surface area contributed by atoms with E-state index in [4.69, 9.17) is 0 Å². The molecule has 62 heavy (non-hydrogen) atoms. The Morgan fingerprint density at radius 3 is 0.887 bits per heavy atom. The van der Waals surface area contributed by atoms with Crippen LogP contribution in [0.4, 0.5) is 17.3 Å². The largest absolute Gasteiger partial charge is 0.265 e. The molecule has 314 valence electrons. The van der Waals surface area contributed by atoms with Crippen LogP contribution in [-0.4, -0.2) is 22.4 Å². The molecule has 1 heterocycles. The second-order valence-corrected chi connectivity index (χ2v) is 17.2. The third-order valence-electron chi connectivity index (χ3n) is 8.48. The van der Waals surface area contributed by atoms with Crippen LogP contribution in [0.5, 0.6) is 0 Å². The average molecular weight is 976 g/mol. The van der Waals surface area contributed by atoms with Crippen LogP contribution >= 0.6 is 25.4 Å². The van der Waals surface area contributed by atoms with E-state index in [9.17, 15) is 17.3 Å². The van der Waals surface area contributed by atoms with Gasteiger partial charge >= 0.3 is 35.0 Å². The van der Waals surface area contributed by atoms with Crippen molar-refractivity contribution >= 4 is 64.5 Å². The molecule has 0 fully saturated rings. The van der Waals surface area contributed by atoms with E-state index in [1.54, 1.807) is 9.48 Å². The molecule has 0 amide bonds. The molecule has 0 spiro atoms. The quantitative estimate of drug-likeness (QED) is 0.0500. The molecule has 0 atom stereocenters. The van der Waals surface area contributed by atoms with E-state index in [2.05, 4.69) is 226 Å². The Balaban J connectivity index is 0.000000163. The Kier molecular flexibility index (Phi) is 19.9. The molecule has 0 aliphatic rings. The van der Waals surface area contributed by atoms with Crippen molar-refractivity contribution in [3.05, 3.63) is 249 Å². The van der Waals surface area contributed by atoms with Gasteiger partial charge in [0.15, 0.2) is 12.0 Å². The van der Waals surface area contributed by atoms with Gasteiger partial charge in [-0.2, -0.15) is 0 Å². The predicted molar refractivity (Wildman–Crippen MR) is 248 cm³/mol. The molecule has 8 aromatic carbocycles. The normalized spacial score (nSPS) is 10.4. The van der Waals surface area contributed by atoms with Crippen molar-refractivity contribution in [2.24, 2.45) is 0 Å². The number of benzene rings is 8. The average Bonchev–Trinajstić information content (AvgIpc) is 3.84. The van der Waals surface area contributed by atoms with Crippen LogP contribution in [0.15, 0.2) is 243 Å². The van der Waals surface area contributed by atoms with E-state index in [1.165, 1.54) is 31.8 Å². The Labute approximate surface area is 377 Å². The topological polar surface area (TPSA) is 34.6 Å². The third kappa shape index (κ3) is 15.7. The molecule has 0 saturated carbocycles. The molecule has 9 rings (SSSR count). The van der Waals surface area contributed by atoms with Crippen molar-refractivity contribution in [2.75, 3.05) is 0 Å². The van der Waals surface area contributed by atoms with Crippen LogP contribution in [0.2, 0.25) is 0 Å². The number of aromatic nitrogens is 4. The molecule has 0 unspecified atom stereocenters. The van der Waals surface area contributed by atoms with E-state index in [0.717, 1.165) is 11.4 Å². The summed E-state index contributed by atoms with van der Waals surface area (Å²) in [5, 5.41) is 16.8. The fourth-order valence-electron chi connectivity index (χ4n) is 5.92. The maximum absolute atomic E-state index is 9.75. The van der Waals surface area contributed by atoms with Crippen molar-refractivity contribution in [3.63, 3.8) is 0 Å². The van der Waals surface area contributed by atoms with Crippen molar-refractivity contribution in [1.82, 2.24) is 15.1 Å². The Morgan fingerprint density at radius 1 is 0.403 bits per heavy atom. The van der Waals surface area contributed by atoms with E-state index in [-0.39, 0.29) is 0 Å². The zero-order valence-corrected chi connectivity index (χ0v) is 37.2. The summed E-state index contributed by atoms with van der Waals surface area (Å²) in [7, 11) is -2.40. The fraction of sp³-hybridized carbons (Fsp3) is 0. The maximum atomic E-state index is 9.75. The number of rotatable bonds is 8. The van der Waals surface area contributed by atoms with Crippen LogP contribution in [0.3, 0.4) is 0 Å². The van der Waals surface area contributed by atoms with Crippen LogP contribution < -0.4 is 36.5 Å². The maximum Gasteiger partial charge on any atom is 0.175 e. The molecule has 4 nitrogen and oxygen atoms in total. The molecule has 0 saturated heterocycles. The summed E-state index contributed by atoms with van der Waals surface area (Å²) < 4.78 is 40.6. The van der Waals surface area contributed by atoms with Crippen molar-refractivity contribution in [3.8, 4) is 11.4 Å². The Hall–Kier alpha value is -5.57. The number of para-hydroxylation sites is 2. The van der Waals surface area contributed by atoms with Gasteiger partial charge in [-0.1, -0.05) is 218 Å². The van der Waals surface area contributed by atoms with Gasteiger partial charge in [-0.15, -0.1) is 12.1 Å². The molecule has 0 aliphatic carbocycles. The smallest absolute Gasteiger partial charge is 0.175 e. The summed E-state index contributed by atoms with van der Waals surface area (Å²) >= 11 is 2.22. The second kappa shape index (κ2) is 26.0. The summed E-state index contributed by atoms with van der Waals surface area (Å²) in [5.74, 6) is 0. The fourth-order valence-corrected chi connectivity index (χ4v) is 10.5. The molecular formula is C49H40BClF4N4P2Pd. The molecule has 0 aliphatic heterocycles. The molecule has 1 aromatic heterocycles. The number of hydrogen-bond acceptors (Lipinski definition) is 2. The molecule has 9 aromatic rings. The van der Waals surface area contributed by atoms with Gasteiger partial charge in [-0.3, -0.25) is 4.68 Å². The molecule has 0 bridgehead atoms. The van der Waals surface area contributed by atoms with Gasteiger partial charge in [0.05, 0.1) is 0 Å². The minimum atomic E-state index is -6.00. The minimum absolute atomic E-state index is 0.446. The van der Waals surface area contributed by atoms with Crippen molar-refractivity contribution in [2.45, 2.75) is 0 Å². The van der Waals surface area contributed by atoms with Gasteiger partial charge in [0.2, 0.25) is 0 Å². The molecule has 0 radical (unpaired) electrons. The zero-order valence-electron chi connectivity index (χ0n) is 33.1. The number of halogens is 5. The van der Waals surface area contributed by atoms with Gasteiger partial charge in [0, 0.05) is 5.21 Å². The molecular weight excluding hydrogens is 935 g/mol. The summed E-state index contributed by atoms with van der Waals surface area (Å²) in [5.41, 5.74) is 1.85. The van der Waals surface area contributed by atoms with Crippen LogP contribution in [-0.2, 0) is 18.2 Å². The predicted octanol–water partition coefficient (Wildman–Crippen LogP) is 10.2. The van der Waals surface area contributed by atoms with E-state index < -0.39 is 23.1 Å². The molecule has 0 N–H and O–H groups in total. The first kappa shape index (κ1) is 47.5. The second-order valence-electron chi connectivity index (χ2n) is 12.7. The van der Waals surface area contributed by atoms with Gasteiger partial charge in [0.25, 0.3) is 0 Å². The standard InChI is InChI=1S/2C18H15P.C13H10N4.BF4.ClH.Pd/c2*1-4-10-16(11-5-1)19(17-12-6-2-7-13-17)18-14-8-3-9-15-18;1-3-7-12(8-4-1)16-11-14-17(15-16)13-9-5-2-6-10-13;2-1(3,4)5;;/h2*1-15H;1-10H;;1H;/q;;;-1;;+2/p-1. The monoisotopic (exact) mass is 974 g/mol. The van der Waals surface area contributed by atoms with Crippen LogP contribution in [0.1, 0.15) is 0 Å².